The fourth-order valence-corrected chi connectivity index (χ4v) is 3.79. The molecule has 0 unspecified atom stereocenters. The van der Waals surface area contributed by atoms with Gasteiger partial charge in [0.05, 0.1) is 5.69 Å². The summed E-state index contributed by atoms with van der Waals surface area (Å²) in [6, 6.07) is 23.5. The lowest BCUT2D eigenvalue weighted by Gasteiger charge is -2.19. The molecule has 0 saturated carbocycles. The number of amidine groups is 1. The number of aryl methyl sites for hydroxylation is 1. The van der Waals surface area contributed by atoms with Crippen LogP contribution in [0.15, 0.2) is 92.4 Å². The first-order valence-electron chi connectivity index (χ1n) is 8.75. The summed E-state index contributed by atoms with van der Waals surface area (Å²) in [5, 5.41) is 0. The molecular formula is C23H16Br2N2O. The van der Waals surface area contributed by atoms with Crippen LogP contribution in [0.5, 0.6) is 0 Å². The van der Waals surface area contributed by atoms with Gasteiger partial charge in [-0.1, -0.05) is 74.3 Å². The van der Waals surface area contributed by atoms with Crippen LogP contribution >= 0.6 is 31.9 Å². The zero-order valence-corrected chi connectivity index (χ0v) is 18.2. The fraction of sp³-hybridized carbons (Fsp3) is 0.0435. The van der Waals surface area contributed by atoms with Gasteiger partial charge < -0.3 is 0 Å². The van der Waals surface area contributed by atoms with E-state index < -0.39 is 0 Å². The maximum absolute atomic E-state index is 13.3. The molecule has 0 radical (unpaired) electrons. The van der Waals surface area contributed by atoms with Crippen LogP contribution < -0.4 is 4.90 Å². The highest BCUT2D eigenvalue weighted by molar-refractivity contribution is 9.10. The van der Waals surface area contributed by atoms with Crippen molar-refractivity contribution in [3.63, 3.8) is 0 Å². The zero-order chi connectivity index (χ0) is 19.7. The molecule has 28 heavy (non-hydrogen) atoms. The van der Waals surface area contributed by atoms with Crippen LogP contribution in [0.25, 0.3) is 6.08 Å². The molecule has 0 fully saturated rings. The van der Waals surface area contributed by atoms with E-state index >= 15 is 0 Å². The Bertz CT molecular complexity index is 1120. The third kappa shape index (κ3) is 3.73. The zero-order valence-electron chi connectivity index (χ0n) is 15.1. The average molecular weight is 496 g/mol. The molecule has 3 aromatic rings. The molecule has 1 aliphatic rings. The number of hydrogen-bond donors (Lipinski definition) is 0. The molecule has 1 aliphatic heterocycles. The van der Waals surface area contributed by atoms with Crippen LogP contribution in [0.2, 0.25) is 0 Å². The van der Waals surface area contributed by atoms with Crippen molar-refractivity contribution in [1.82, 2.24) is 0 Å². The standard InChI is InChI=1S/C23H16Br2N2O/c1-15-5-4-6-18(13-15)27-22(19-7-2-3-8-20(19)25)26-21(23(27)28)14-16-9-11-17(24)12-10-16/h2-14H,1H3/b21-14+. The quantitative estimate of drug-likeness (QED) is 0.389. The van der Waals surface area contributed by atoms with E-state index in [0.717, 1.165) is 31.3 Å². The number of nitrogens with zero attached hydrogens (tertiary/aromatic N) is 2. The van der Waals surface area contributed by atoms with Gasteiger partial charge in [-0.3, -0.25) is 9.69 Å². The normalized spacial score (nSPS) is 15.2. The minimum Gasteiger partial charge on any atom is -0.266 e. The largest absolute Gasteiger partial charge is 0.282 e. The molecule has 0 atom stereocenters. The molecule has 4 rings (SSSR count). The van der Waals surface area contributed by atoms with E-state index in [-0.39, 0.29) is 5.91 Å². The molecule has 0 bridgehead atoms. The average Bonchev–Trinajstić information content (AvgIpc) is 3.00. The SMILES string of the molecule is Cc1cccc(N2C(=O)/C(=C\c3ccc(Br)cc3)N=C2c2ccccc2Br)c1. The Morgan fingerprint density at radius 3 is 2.39 bits per heavy atom. The molecule has 0 aromatic heterocycles. The van der Waals surface area contributed by atoms with Crippen LogP contribution in [-0.4, -0.2) is 11.7 Å². The Morgan fingerprint density at radius 1 is 0.929 bits per heavy atom. The number of hydrogen-bond acceptors (Lipinski definition) is 2. The summed E-state index contributed by atoms with van der Waals surface area (Å²) in [6.07, 6.45) is 1.82. The third-order valence-electron chi connectivity index (χ3n) is 4.41. The lowest BCUT2D eigenvalue weighted by Crippen LogP contribution is -2.32. The van der Waals surface area contributed by atoms with Crippen molar-refractivity contribution in [1.29, 1.82) is 0 Å². The number of rotatable bonds is 3. The second kappa shape index (κ2) is 7.86. The van der Waals surface area contributed by atoms with E-state index in [2.05, 4.69) is 31.9 Å². The molecule has 3 aromatic carbocycles. The number of amides is 1. The molecule has 0 aliphatic carbocycles. The van der Waals surface area contributed by atoms with Gasteiger partial charge in [0.2, 0.25) is 0 Å². The Kier molecular flexibility index (Phi) is 5.29. The van der Waals surface area contributed by atoms with Gasteiger partial charge in [-0.15, -0.1) is 0 Å². The van der Waals surface area contributed by atoms with Crippen LogP contribution in [-0.2, 0) is 4.79 Å². The molecule has 1 amide bonds. The molecule has 1 heterocycles. The number of carbonyl (C=O) groups excluding carboxylic acids is 1. The van der Waals surface area contributed by atoms with Crippen molar-refractivity contribution in [2.45, 2.75) is 6.92 Å². The van der Waals surface area contributed by atoms with Crippen molar-refractivity contribution < 1.29 is 4.79 Å². The lowest BCUT2D eigenvalue weighted by atomic mass is 10.1. The van der Waals surface area contributed by atoms with E-state index in [1.165, 1.54) is 0 Å². The van der Waals surface area contributed by atoms with Crippen molar-refractivity contribution in [3.05, 3.63) is 104 Å². The van der Waals surface area contributed by atoms with Crippen LogP contribution in [0.1, 0.15) is 16.7 Å². The maximum Gasteiger partial charge on any atom is 0.282 e. The van der Waals surface area contributed by atoms with E-state index in [1.54, 1.807) is 4.90 Å². The van der Waals surface area contributed by atoms with Crippen molar-refractivity contribution in [3.8, 4) is 0 Å². The third-order valence-corrected chi connectivity index (χ3v) is 5.63. The second-order valence-electron chi connectivity index (χ2n) is 6.48. The van der Waals surface area contributed by atoms with Gasteiger partial charge in [-0.2, -0.15) is 0 Å². The summed E-state index contributed by atoms with van der Waals surface area (Å²) in [7, 11) is 0. The van der Waals surface area contributed by atoms with E-state index in [9.17, 15) is 4.79 Å². The summed E-state index contributed by atoms with van der Waals surface area (Å²) >= 11 is 7.03. The molecular weight excluding hydrogens is 480 g/mol. The Hall–Kier alpha value is -2.50. The van der Waals surface area contributed by atoms with Gasteiger partial charge in [0.1, 0.15) is 11.5 Å². The minimum atomic E-state index is -0.140. The first-order valence-corrected chi connectivity index (χ1v) is 10.3. The number of halogens is 2. The molecule has 138 valence electrons. The summed E-state index contributed by atoms with van der Waals surface area (Å²) < 4.78 is 1.88. The van der Waals surface area contributed by atoms with E-state index in [0.29, 0.717) is 11.5 Å². The molecule has 5 heteroatoms. The molecule has 3 nitrogen and oxygen atoms in total. The van der Waals surface area contributed by atoms with Crippen LogP contribution in [0, 0.1) is 6.92 Å². The molecule has 0 saturated heterocycles. The van der Waals surface area contributed by atoms with Crippen LogP contribution in [0.3, 0.4) is 0 Å². The van der Waals surface area contributed by atoms with Gasteiger partial charge in [-0.05, 0) is 54.5 Å². The number of benzene rings is 3. The molecule has 0 spiro atoms. The fourth-order valence-electron chi connectivity index (χ4n) is 3.06. The Labute approximate surface area is 180 Å². The predicted octanol–water partition coefficient (Wildman–Crippen LogP) is 6.35. The summed E-state index contributed by atoms with van der Waals surface area (Å²) in [6.45, 7) is 2.01. The number of anilines is 1. The maximum atomic E-state index is 13.3. The minimum absolute atomic E-state index is 0.140. The van der Waals surface area contributed by atoms with Gasteiger partial charge in [0.25, 0.3) is 5.91 Å². The smallest absolute Gasteiger partial charge is 0.266 e. The van der Waals surface area contributed by atoms with Gasteiger partial charge in [-0.25, -0.2) is 4.99 Å². The van der Waals surface area contributed by atoms with Crippen LogP contribution in [0.4, 0.5) is 5.69 Å². The topological polar surface area (TPSA) is 32.7 Å². The van der Waals surface area contributed by atoms with Crippen molar-refractivity contribution in [2.24, 2.45) is 4.99 Å². The van der Waals surface area contributed by atoms with E-state index in [4.69, 9.17) is 4.99 Å². The Morgan fingerprint density at radius 2 is 1.68 bits per heavy atom. The van der Waals surface area contributed by atoms with Gasteiger partial charge >= 0.3 is 0 Å². The van der Waals surface area contributed by atoms with Gasteiger partial charge in [0, 0.05) is 14.5 Å². The molecule has 0 N–H and O–H groups in total. The highest BCUT2D eigenvalue weighted by Crippen LogP contribution is 2.31. The van der Waals surface area contributed by atoms with Gasteiger partial charge in [0.15, 0.2) is 0 Å². The number of carbonyl (C=O) groups is 1. The highest BCUT2D eigenvalue weighted by atomic mass is 79.9. The number of aliphatic imine (C=N–C) groups is 1. The summed E-state index contributed by atoms with van der Waals surface area (Å²) in [4.78, 5) is 19.7. The first-order chi connectivity index (χ1) is 13.5. The van der Waals surface area contributed by atoms with E-state index in [1.807, 2.05) is 85.8 Å². The summed E-state index contributed by atoms with van der Waals surface area (Å²) in [5.41, 5.74) is 4.10. The summed E-state index contributed by atoms with van der Waals surface area (Å²) in [5.74, 6) is 0.478. The lowest BCUT2D eigenvalue weighted by molar-refractivity contribution is -0.113. The monoisotopic (exact) mass is 494 g/mol. The second-order valence-corrected chi connectivity index (χ2v) is 8.25. The first kappa shape index (κ1) is 18.8. The predicted molar refractivity (Wildman–Crippen MR) is 121 cm³/mol. The highest BCUT2D eigenvalue weighted by Gasteiger charge is 2.33. The van der Waals surface area contributed by atoms with Crippen molar-refractivity contribution in [2.75, 3.05) is 4.90 Å². The van der Waals surface area contributed by atoms with Crippen molar-refractivity contribution >= 4 is 55.4 Å². The Balaban J connectivity index is 1.85.